The largest absolute Gasteiger partial charge is 0.493 e. The van der Waals surface area contributed by atoms with Gasteiger partial charge in [0.15, 0.2) is 11.5 Å². The molecule has 0 aliphatic carbocycles. The van der Waals surface area contributed by atoms with Gasteiger partial charge in [0.05, 0.1) is 14.2 Å². The van der Waals surface area contributed by atoms with E-state index in [4.69, 9.17) is 9.47 Å². The van der Waals surface area contributed by atoms with Gasteiger partial charge in [0.25, 0.3) is 11.8 Å². The molecule has 3 N–H and O–H groups in total. The predicted octanol–water partition coefficient (Wildman–Crippen LogP) is 0.625. The number of hydrogen-bond donors (Lipinski definition) is 3. The van der Waals surface area contributed by atoms with Gasteiger partial charge in [-0.2, -0.15) is 0 Å². The molecule has 0 fully saturated rings. The van der Waals surface area contributed by atoms with E-state index >= 15 is 0 Å². The van der Waals surface area contributed by atoms with E-state index in [0.717, 1.165) is 0 Å². The quantitative estimate of drug-likeness (QED) is 0.660. The second kappa shape index (κ2) is 8.76. The van der Waals surface area contributed by atoms with Crippen LogP contribution in [0.25, 0.3) is 0 Å². The number of hydrogen-bond acceptors (Lipinski definition) is 5. The Kier molecular flexibility index (Phi) is 7.03. The molecule has 1 aromatic rings. The predicted molar refractivity (Wildman–Crippen MR) is 87.6 cm³/mol. The molecule has 132 valence electrons. The normalized spacial score (nSPS) is 11.4. The molecule has 0 aromatic heterocycles. The fraction of sp³-hybridized carbons (Fsp3) is 0.438. The minimum absolute atomic E-state index is 0.133. The van der Waals surface area contributed by atoms with Gasteiger partial charge in [0.1, 0.15) is 6.04 Å². The van der Waals surface area contributed by atoms with Gasteiger partial charge >= 0.3 is 0 Å². The van der Waals surface area contributed by atoms with Crippen molar-refractivity contribution >= 4 is 17.7 Å². The molecule has 0 heterocycles. The first-order valence-electron chi connectivity index (χ1n) is 7.39. The van der Waals surface area contributed by atoms with E-state index in [1.165, 1.54) is 33.3 Å². The first-order valence-corrected chi connectivity index (χ1v) is 7.39. The fourth-order valence-electron chi connectivity index (χ4n) is 2.00. The number of hydrazine groups is 1. The van der Waals surface area contributed by atoms with Gasteiger partial charge in [0, 0.05) is 12.5 Å². The summed E-state index contributed by atoms with van der Waals surface area (Å²) in [5.74, 6) is -0.594. The highest BCUT2D eigenvalue weighted by Gasteiger charge is 2.23. The second-order valence-corrected chi connectivity index (χ2v) is 5.44. The maximum Gasteiger partial charge on any atom is 0.269 e. The Bertz CT molecular complexity index is 616. The number of amides is 3. The zero-order chi connectivity index (χ0) is 18.3. The molecular weight excluding hydrogens is 314 g/mol. The van der Waals surface area contributed by atoms with Crippen LogP contribution in [0.5, 0.6) is 11.5 Å². The lowest BCUT2D eigenvalue weighted by atomic mass is 10.0. The van der Waals surface area contributed by atoms with E-state index in [1.807, 2.05) is 0 Å². The molecule has 0 aliphatic heterocycles. The van der Waals surface area contributed by atoms with Crippen LogP contribution in [0.4, 0.5) is 0 Å². The van der Waals surface area contributed by atoms with Crippen LogP contribution in [-0.2, 0) is 9.59 Å². The Morgan fingerprint density at radius 1 is 1.00 bits per heavy atom. The number of nitrogens with one attached hydrogen (secondary N) is 3. The van der Waals surface area contributed by atoms with Crippen molar-refractivity contribution in [3.8, 4) is 11.5 Å². The molecule has 24 heavy (non-hydrogen) atoms. The van der Waals surface area contributed by atoms with Gasteiger partial charge in [-0.1, -0.05) is 13.8 Å². The van der Waals surface area contributed by atoms with Crippen LogP contribution in [0.15, 0.2) is 18.2 Å². The van der Waals surface area contributed by atoms with Crippen molar-refractivity contribution < 1.29 is 23.9 Å². The van der Waals surface area contributed by atoms with E-state index in [9.17, 15) is 14.4 Å². The first kappa shape index (κ1) is 19.3. The Morgan fingerprint density at radius 3 is 2.12 bits per heavy atom. The van der Waals surface area contributed by atoms with Gasteiger partial charge in [-0.25, -0.2) is 0 Å². The zero-order valence-electron chi connectivity index (χ0n) is 14.4. The van der Waals surface area contributed by atoms with Crippen molar-refractivity contribution in [2.75, 3.05) is 14.2 Å². The van der Waals surface area contributed by atoms with Crippen LogP contribution < -0.4 is 25.6 Å². The maximum atomic E-state index is 12.1. The van der Waals surface area contributed by atoms with E-state index in [2.05, 4.69) is 16.2 Å². The lowest BCUT2D eigenvalue weighted by molar-refractivity contribution is -0.129. The minimum Gasteiger partial charge on any atom is -0.493 e. The van der Waals surface area contributed by atoms with Crippen molar-refractivity contribution in [3.63, 3.8) is 0 Å². The Hall–Kier alpha value is -2.77. The summed E-state index contributed by atoms with van der Waals surface area (Å²) in [6.45, 7) is 4.90. The first-order chi connectivity index (χ1) is 11.3. The average Bonchev–Trinajstić information content (AvgIpc) is 2.56. The molecule has 1 rings (SSSR count). The van der Waals surface area contributed by atoms with Crippen molar-refractivity contribution in [1.29, 1.82) is 0 Å². The Morgan fingerprint density at radius 2 is 1.62 bits per heavy atom. The summed E-state index contributed by atoms with van der Waals surface area (Å²) in [6, 6.07) is 3.88. The van der Waals surface area contributed by atoms with Gasteiger partial charge in [-0.05, 0) is 24.1 Å². The highest BCUT2D eigenvalue weighted by Crippen LogP contribution is 2.27. The topological polar surface area (TPSA) is 106 Å². The summed E-state index contributed by atoms with van der Waals surface area (Å²) >= 11 is 0. The van der Waals surface area contributed by atoms with E-state index in [1.54, 1.807) is 19.9 Å². The number of ether oxygens (including phenoxy) is 2. The van der Waals surface area contributed by atoms with Crippen molar-refractivity contribution in [1.82, 2.24) is 16.2 Å². The molecule has 0 saturated heterocycles. The molecule has 1 unspecified atom stereocenters. The number of rotatable bonds is 6. The lowest BCUT2D eigenvalue weighted by Crippen LogP contribution is -2.54. The van der Waals surface area contributed by atoms with Crippen LogP contribution in [0.1, 0.15) is 31.1 Å². The molecule has 8 nitrogen and oxygen atoms in total. The average molecular weight is 337 g/mol. The van der Waals surface area contributed by atoms with Gasteiger partial charge in [-0.15, -0.1) is 0 Å². The Balaban J connectivity index is 2.74. The highest BCUT2D eigenvalue weighted by molar-refractivity contribution is 5.96. The molecule has 0 radical (unpaired) electrons. The summed E-state index contributed by atoms with van der Waals surface area (Å²) < 4.78 is 10.2. The Labute approximate surface area is 140 Å². The van der Waals surface area contributed by atoms with E-state index < -0.39 is 17.9 Å². The van der Waals surface area contributed by atoms with Crippen LogP contribution in [0.2, 0.25) is 0 Å². The standard InChI is InChI=1S/C16H23N3O5/c1-9(2)14(17-10(3)20)16(22)19-18-15(21)11-6-7-12(23-4)13(8-11)24-5/h6-9,14H,1-5H3,(H,17,20)(H,18,21)(H,19,22). The third kappa shape index (κ3) is 5.15. The van der Waals surface area contributed by atoms with E-state index in [0.29, 0.717) is 11.5 Å². The monoisotopic (exact) mass is 337 g/mol. The third-order valence-electron chi connectivity index (χ3n) is 3.25. The van der Waals surface area contributed by atoms with Crippen LogP contribution in [0.3, 0.4) is 0 Å². The molecule has 0 bridgehead atoms. The molecule has 0 spiro atoms. The van der Waals surface area contributed by atoms with Crippen molar-refractivity contribution in [2.24, 2.45) is 5.92 Å². The van der Waals surface area contributed by atoms with Crippen molar-refractivity contribution in [3.05, 3.63) is 23.8 Å². The van der Waals surface area contributed by atoms with Gasteiger partial charge in [-0.3, -0.25) is 25.2 Å². The SMILES string of the molecule is COc1ccc(C(=O)NNC(=O)C(NC(C)=O)C(C)C)cc1OC. The summed E-state index contributed by atoms with van der Waals surface area (Å²) in [6.07, 6.45) is 0. The number of carbonyl (C=O) groups is 3. The summed E-state index contributed by atoms with van der Waals surface area (Å²) in [7, 11) is 2.95. The van der Waals surface area contributed by atoms with Crippen LogP contribution in [0, 0.1) is 5.92 Å². The van der Waals surface area contributed by atoms with E-state index in [-0.39, 0.29) is 17.4 Å². The molecule has 1 atom stereocenters. The molecule has 0 aliphatic rings. The van der Waals surface area contributed by atoms with Crippen molar-refractivity contribution in [2.45, 2.75) is 26.8 Å². The molecule has 3 amide bonds. The van der Waals surface area contributed by atoms with Crippen LogP contribution >= 0.6 is 0 Å². The number of benzene rings is 1. The highest BCUT2D eigenvalue weighted by atomic mass is 16.5. The minimum atomic E-state index is -0.742. The molecule has 1 aromatic carbocycles. The smallest absolute Gasteiger partial charge is 0.269 e. The third-order valence-corrected chi connectivity index (χ3v) is 3.25. The number of methoxy groups -OCH3 is 2. The second-order valence-electron chi connectivity index (χ2n) is 5.44. The molecule has 8 heteroatoms. The van der Waals surface area contributed by atoms with Crippen LogP contribution in [-0.4, -0.2) is 38.0 Å². The number of carbonyl (C=O) groups excluding carboxylic acids is 3. The lowest BCUT2D eigenvalue weighted by Gasteiger charge is -2.21. The summed E-state index contributed by atoms with van der Waals surface area (Å²) in [4.78, 5) is 35.4. The fourth-order valence-corrected chi connectivity index (χ4v) is 2.00. The molecule has 0 saturated carbocycles. The maximum absolute atomic E-state index is 12.1. The summed E-state index contributed by atoms with van der Waals surface area (Å²) in [5, 5.41) is 2.54. The van der Waals surface area contributed by atoms with Gasteiger partial charge < -0.3 is 14.8 Å². The summed E-state index contributed by atoms with van der Waals surface area (Å²) in [5.41, 5.74) is 4.90. The zero-order valence-corrected chi connectivity index (χ0v) is 14.4. The van der Waals surface area contributed by atoms with Gasteiger partial charge in [0.2, 0.25) is 5.91 Å². The molecular formula is C16H23N3O5.